The molecule has 17 heavy (non-hydrogen) atoms. The molecule has 0 aliphatic carbocycles. The van der Waals surface area contributed by atoms with Crippen molar-refractivity contribution >= 4 is 34.8 Å². The Morgan fingerprint density at radius 3 is 2.76 bits per heavy atom. The van der Waals surface area contributed by atoms with Gasteiger partial charge in [-0.1, -0.05) is 11.3 Å². The maximum atomic E-state index is 12.1. The Bertz CT molecular complexity index is 450. The summed E-state index contributed by atoms with van der Waals surface area (Å²) >= 11 is 6.63. The van der Waals surface area contributed by atoms with Gasteiger partial charge in [-0.2, -0.15) is 0 Å². The van der Waals surface area contributed by atoms with Gasteiger partial charge in [-0.3, -0.25) is 9.59 Å². The number of carbonyl (C=O) groups excluding carboxylic acids is 2. The zero-order chi connectivity index (χ0) is 12.4. The van der Waals surface area contributed by atoms with Gasteiger partial charge in [-0.15, -0.1) is 10.2 Å². The number of carbonyl (C=O) groups is 2. The fourth-order valence-corrected chi connectivity index (χ4v) is 2.67. The number of aromatic nitrogens is 2. The fourth-order valence-electron chi connectivity index (χ4n) is 1.89. The third-order valence-corrected chi connectivity index (χ3v) is 3.68. The summed E-state index contributed by atoms with van der Waals surface area (Å²) in [7, 11) is 0. The van der Waals surface area contributed by atoms with Crippen molar-refractivity contribution in [2.45, 2.75) is 25.3 Å². The van der Waals surface area contributed by atoms with Gasteiger partial charge in [0.25, 0.3) is 5.91 Å². The molecule has 1 unspecified atom stereocenters. The average Bonchev–Trinajstić information content (AvgIpc) is 2.75. The lowest BCUT2D eigenvalue weighted by molar-refractivity contribution is -0.123. The minimum absolute atomic E-state index is 0.197. The van der Waals surface area contributed by atoms with Gasteiger partial charge in [-0.25, -0.2) is 0 Å². The molecule has 0 saturated carbocycles. The zero-order valence-corrected chi connectivity index (χ0v) is 10.5. The van der Waals surface area contributed by atoms with Crippen molar-refractivity contribution in [3.8, 4) is 0 Å². The van der Waals surface area contributed by atoms with Gasteiger partial charge in [0.05, 0.1) is 0 Å². The summed E-state index contributed by atoms with van der Waals surface area (Å²) in [6.45, 7) is 0.517. The zero-order valence-electron chi connectivity index (χ0n) is 8.93. The molecule has 2 rings (SSSR count). The molecule has 1 fully saturated rings. The highest BCUT2D eigenvalue weighted by molar-refractivity contribution is 7.17. The van der Waals surface area contributed by atoms with Crippen molar-refractivity contribution < 1.29 is 9.59 Å². The average molecular weight is 275 g/mol. The van der Waals surface area contributed by atoms with E-state index < -0.39 is 11.9 Å². The van der Waals surface area contributed by atoms with Crippen LogP contribution in [-0.4, -0.2) is 39.5 Å². The number of nitrogens with zero attached hydrogens (tertiary/aromatic N) is 3. The molecule has 2 N–H and O–H groups in total. The Labute approximate surface area is 107 Å². The van der Waals surface area contributed by atoms with Crippen LogP contribution in [0, 0.1) is 0 Å². The third kappa shape index (κ3) is 2.55. The van der Waals surface area contributed by atoms with Gasteiger partial charge in [0.1, 0.15) is 6.04 Å². The van der Waals surface area contributed by atoms with Gasteiger partial charge in [0.2, 0.25) is 15.4 Å². The number of piperidine rings is 1. The molecule has 2 heterocycles. The number of amides is 2. The van der Waals surface area contributed by atoms with Crippen LogP contribution < -0.4 is 5.73 Å². The SMILES string of the molecule is NC(=O)C1CCCCN1C(=O)c1nnc(Cl)s1. The van der Waals surface area contributed by atoms with E-state index in [2.05, 4.69) is 10.2 Å². The smallest absolute Gasteiger partial charge is 0.285 e. The second-order valence-electron chi connectivity index (χ2n) is 3.77. The first kappa shape index (κ1) is 12.3. The standard InChI is InChI=1S/C9H11ClN4O2S/c10-9-13-12-7(17-9)8(16)14-4-2-1-3-5(14)6(11)15/h5H,1-4H2,(H2,11,15). The minimum atomic E-state index is -0.543. The first-order valence-electron chi connectivity index (χ1n) is 5.19. The monoisotopic (exact) mass is 274 g/mol. The molecule has 1 saturated heterocycles. The molecule has 1 aromatic heterocycles. The molecule has 1 aliphatic rings. The van der Waals surface area contributed by atoms with Gasteiger partial charge in [0, 0.05) is 6.54 Å². The number of nitrogens with two attached hydrogens (primary N) is 1. The van der Waals surface area contributed by atoms with E-state index in [-0.39, 0.29) is 15.4 Å². The summed E-state index contributed by atoms with van der Waals surface area (Å²) in [6.07, 6.45) is 2.37. The number of halogens is 1. The Morgan fingerprint density at radius 1 is 1.41 bits per heavy atom. The lowest BCUT2D eigenvalue weighted by Gasteiger charge is -2.32. The summed E-state index contributed by atoms with van der Waals surface area (Å²) < 4.78 is 0.209. The first-order chi connectivity index (χ1) is 8.09. The van der Waals surface area contributed by atoms with Crippen LogP contribution in [0.3, 0.4) is 0 Å². The van der Waals surface area contributed by atoms with Crippen LogP contribution in [0.15, 0.2) is 0 Å². The number of rotatable bonds is 2. The maximum absolute atomic E-state index is 12.1. The van der Waals surface area contributed by atoms with Gasteiger partial charge in [-0.05, 0) is 30.9 Å². The summed E-state index contributed by atoms with van der Waals surface area (Å²) in [5, 5.41) is 7.45. The molecular formula is C9H11ClN4O2S. The largest absolute Gasteiger partial charge is 0.368 e. The Balaban J connectivity index is 2.19. The number of likely N-dealkylation sites (tertiary alicyclic amines) is 1. The van der Waals surface area contributed by atoms with Gasteiger partial charge < -0.3 is 10.6 Å². The minimum Gasteiger partial charge on any atom is -0.368 e. The van der Waals surface area contributed by atoms with Crippen LogP contribution in [-0.2, 0) is 4.79 Å². The van der Waals surface area contributed by atoms with Gasteiger partial charge in [0.15, 0.2) is 0 Å². The van der Waals surface area contributed by atoms with Crippen LogP contribution in [0.4, 0.5) is 0 Å². The molecule has 6 nitrogen and oxygen atoms in total. The molecule has 92 valence electrons. The van der Waals surface area contributed by atoms with Crippen molar-refractivity contribution in [3.05, 3.63) is 9.47 Å². The predicted molar refractivity (Wildman–Crippen MR) is 62.8 cm³/mol. The van der Waals surface area contributed by atoms with E-state index in [9.17, 15) is 9.59 Å². The number of primary amides is 1. The predicted octanol–water partition coefficient (Wildman–Crippen LogP) is 0.671. The Morgan fingerprint density at radius 2 is 2.18 bits per heavy atom. The summed E-state index contributed by atoms with van der Waals surface area (Å²) in [4.78, 5) is 24.8. The van der Waals surface area contributed by atoms with E-state index in [0.717, 1.165) is 24.2 Å². The number of hydrogen-bond acceptors (Lipinski definition) is 5. The van der Waals surface area contributed by atoms with Crippen LogP contribution in [0.2, 0.25) is 4.47 Å². The van der Waals surface area contributed by atoms with Crippen LogP contribution in [0.5, 0.6) is 0 Å². The third-order valence-electron chi connectivity index (χ3n) is 2.68. The van der Waals surface area contributed by atoms with Crippen molar-refractivity contribution in [1.82, 2.24) is 15.1 Å². The lowest BCUT2D eigenvalue weighted by Crippen LogP contribution is -2.50. The molecule has 2 amide bonds. The summed E-state index contributed by atoms with van der Waals surface area (Å²) in [6, 6.07) is -0.543. The fraction of sp³-hybridized carbons (Fsp3) is 0.556. The highest BCUT2D eigenvalue weighted by Crippen LogP contribution is 2.22. The van der Waals surface area contributed by atoms with E-state index in [1.165, 1.54) is 4.90 Å². The van der Waals surface area contributed by atoms with Crippen molar-refractivity contribution in [1.29, 1.82) is 0 Å². The van der Waals surface area contributed by atoms with E-state index in [0.29, 0.717) is 13.0 Å². The first-order valence-corrected chi connectivity index (χ1v) is 6.38. The molecule has 1 aliphatic heterocycles. The number of hydrogen-bond donors (Lipinski definition) is 1. The molecule has 0 radical (unpaired) electrons. The van der Waals surface area contributed by atoms with Crippen molar-refractivity contribution in [3.63, 3.8) is 0 Å². The van der Waals surface area contributed by atoms with Crippen LogP contribution in [0.25, 0.3) is 0 Å². The van der Waals surface area contributed by atoms with E-state index in [1.807, 2.05) is 0 Å². The second kappa shape index (κ2) is 4.97. The van der Waals surface area contributed by atoms with Crippen LogP contribution in [0.1, 0.15) is 29.1 Å². The Hall–Kier alpha value is -1.21. The summed E-state index contributed by atoms with van der Waals surface area (Å²) in [5.74, 6) is -0.799. The Kier molecular flexibility index (Phi) is 3.58. The normalized spacial score (nSPS) is 20.3. The van der Waals surface area contributed by atoms with E-state index in [1.54, 1.807) is 0 Å². The highest BCUT2D eigenvalue weighted by atomic mass is 35.5. The highest BCUT2D eigenvalue weighted by Gasteiger charge is 2.32. The van der Waals surface area contributed by atoms with Crippen molar-refractivity contribution in [2.75, 3.05) is 6.54 Å². The second-order valence-corrected chi connectivity index (χ2v) is 5.33. The quantitative estimate of drug-likeness (QED) is 0.858. The topological polar surface area (TPSA) is 89.2 Å². The van der Waals surface area contributed by atoms with Crippen molar-refractivity contribution in [2.24, 2.45) is 5.73 Å². The van der Waals surface area contributed by atoms with Gasteiger partial charge >= 0.3 is 0 Å². The molecular weight excluding hydrogens is 264 g/mol. The molecule has 0 spiro atoms. The molecule has 1 atom stereocenters. The maximum Gasteiger partial charge on any atom is 0.285 e. The molecule has 8 heteroatoms. The molecule has 1 aromatic rings. The summed E-state index contributed by atoms with van der Waals surface area (Å²) in [5.41, 5.74) is 5.29. The lowest BCUT2D eigenvalue weighted by atomic mass is 10.0. The molecule has 0 aromatic carbocycles. The molecule has 0 bridgehead atoms. The van der Waals surface area contributed by atoms with E-state index >= 15 is 0 Å². The van der Waals surface area contributed by atoms with Crippen LogP contribution >= 0.6 is 22.9 Å². The van der Waals surface area contributed by atoms with E-state index in [4.69, 9.17) is 17.3 Å².